The molecule has 1 aromatic heterocycles. The number of anilines is 3. The molecule has 0 atom stereocenters. The van der Waals surface area contributed by atoms with E-state index in [4.69, 9.17) is 14.2 Å². The highest BCUT2D eigenvalue weighted by molar-refractivity contribution is 6.03. The van der Waals surface area contributed by atoms with Gasteiger partial charge in [0.1, 0.15) is 23.1 Å². The van der Waals surface area contributed by atoms with Crippen LogP contribution in [0.2, 0.25) is 0 Å². The van der Waals surface area contributed by atoms with E-state index < -0.39 is 0 Å². The number of benzene rings is 2. The Bertz CT molecular complexity index is 1020. The summed E-state index contributed by atoms with van der Waals surface area (Å²) < 4.78 is 15.8. The van der Waals surface area contributed by atoms with E-state index in [-0.39, 0.29) is 11.6 Å². The van der Waals surface area contributed by atoms with E-state index in [0.717, 1.165) is 5.69 Å². The first-order valence-electron chi connectivity index (χ1n) is 8.83. The summed E-state index contributed by atoms with van der Waals surface area (Å²) in [7, 11) is 4.68. The molecular weight excluding hydrogens is 372 g/mol. The smallest absolute Gasteiger partial charge is 0.274 e. The Morgan fingerprint density at radius 2 is 1.59 bits per heavy atom. The monoisotopic (exact) mass is 394 g/mol. The molecule has 0 saturated carbocycles. The maximum atomic E-state index is 12.7. The average Bonchev–Trinajstić information content (AvgIpc) is 2.73. The van der Waals surface area contributed by atoms with Gasteiger partial charge in [0.2, 0.25) is 0 Å². The van der Waals surface area contributed by atoms with Gasteiger partial charge in [-0.25, -0.2) is 9.97 Å². The molecule has 0 aliphatic carbocycles. The highest BCUT2D eigenvalue weighted by Crippen LogP contribution is 2.30. The van der Waals surface area contributed by atoms with Gasteiger partial charge in [0.15, 0.2) is 11.5 Å². The van der Waals surface area contributed by atoms with Crippen LogP contribution in [0.5, 0.6) is 17.2 Å². The van der Waals surface area contributed by atoms with Crippen molar-refractivity contribution in [3.63, 3.8) is 0 Å². The third-order valence-corrected chi connectivity index (χ3v) is 4.08. The van der Waals surface area contributed by atoms with Crippen molar-refractivity contribution < 1.29 is 19.0 Å². The van der Waals surface area contributed by atoms with E-state index >= 15 is 0 Å². The number of nitrogens with one attached hydrogen (secondary N) is 2. The van der Waals surface area contributed by atoms with Crippen LogP contribution in [-0.4, -0.2) is 37.2 Å². The second-order valence-electron chi connectivity index (χ2n) is 6.03. The van der Waals surface area contributed by atoms with Crippen LogP contribution in [0.1, 0.15) is 16.3 Å². The molecule has 0 spiro atoms. The molecule has 3 rings (SSSR count). The summed E-state index contributed by atoms with van der Waals surface area (Å²) in [5, 5.41) is 5.97. The summed E-state index contributed by atoms with van der Waals surface area (Å²) in [4.78, 5) is 21.3. The lowest BCUT2D eigenvalue weighted by atomic mass is 10.2. The Hall–Kier alpha value is -3.81. The Balaban J connectivity index is 1.83. The molecule has 0 aliphatic rings. The third kappa shape index (κ3) is 4.73. The summed E-state index contributed by atoms with van der Waals surface area (Å²) >= 11 is 0. The molecule has 0 fully saturated rings. The minimum absolute atomic E-state index is 0.227. The molecule has 3 aromatic rings. The van der Waals surface area contributed by atoms with E-state index in [9.17, 15) is 4.79 Å². The fraction of sp³-hybridized carbons (Fsp3) is 0.190. The topological polar surface area (TPSA) is 94.6 Å². The number of carbonyl (C=O) groups excluding carboxylic acids is 1. The van der Waals surface area contributed by atoms with Crippen molar-refractivity contribution in [1.82, 2.24) is 9.97 Å². The van der Waals surface area contributed by atoms with E-state index in [2.05, 4.69) is 20.6 Å². The van der Waals surface area contributed by atoms with Crippen LogP contribution in [0.15, 0.2) is 48.5 Å². The lowest BCUT2D eigenvalue weighted by Crippen LogP contribution is -2.15. The van der Waals surface area contributed by atoms with Gasteiger partial charge in [-0.2, -0.15) is 0 Å². The van der Waals surface area contributed by atoms with Gasteiger partial charge in [-0.15, -0.1) is 0 Å². The first-order valence-corrected chi connectivity index (χ1v) is 8.83. The van der Waals surface area contributed by atoms with E-state index in [0.29, 0.717) is 34.6 Å². The minimum Gasteiger partial charge on any atom is -0.495 e. The number of carbonyl (C=O) groups is 1. The van der Waals surface area contributed by atoms with Gasteiger partial charge in [0.05, 0.1) is 27.0 Å². The Kier molecular flexibility index (Phi) is 6.13. The maximum absolute atomic E-state index is 12.7. The van der Waals surface area contributed by atoms with Crippen LogP contribution >= 0.6 is 0 Å². The van der Waals surface area contributed by atoms with Gasteiger partial charge in [-0.1, -0.05) is 12.1 Å². The quantitative estimate of drug-likeness (QED) is 0.629. The second kappa shape index (κ2) is 8.92. The largest absolute Gasteiger partial charge is 0.495 e. The number of hydrogen-bond acceptors (Lipinski definition) is 7. The van der Waals surface area contributed by atoms with Crippen molar-refractivity contribution in [2.75, 3.05) is 32.0 Å². The van der Waals surface area contributed by atoms with Gasteiger partial charge in [0, 0.05) is 17.8 Å². The van der Waals surface area contributed by atoms with Crippen molar-refractivity contribution in [3.05, 3.63) is 60.0 Å². The minimum atomic E-state index is -0.370. The molecule has 0 saturated heterocycles. The van der Waals surface area contributed by atoms with E-state index in [1.807, 2.05) is 24.3 Å². The van der Waals surface area contributed by atoms with Crippen molar-refractivity contribution in [1.29, 1.82) is 0 Å². The number of aryl methyl sites for hydroxylation is 1. The SMILES string of the molecule is COc1ccccc1Nc1cc(C(=O)Nc2ccc(OC)c(OC)c2)nc(C)n1. The van der Waals surface area contributed by atoms with Crippen molar-refractivity contribution >= 4 is 23.1 Å². The zero-order valence-electron chi connectivity index (χ0n) is 16.6. The normalized spacial score (nSPS) is 10.2. The number of nitrogens with zero attached hydrogens (tertiary/aromatic N) is 2. The van der Waals surface area contributed by atoms with Gasteiger partial charge < -0.3 is 24.8 Å². The number of aromatic nitrogens is 2. The molecule has 0 aliphatic heterocycles. The fourth-order valence-electron chi connectivity index (χ4n) is 2.74. The number of methoxy groups -OCH3 is 3. The molecular formula is C21H22N4O4. The first kappa shape index (κ1) is 19.9. The zero-order valence-corrected chi connectivity index (χ0v) is 16.6. The Labute approximate surface area is 168 Å². The zero-order chi connectivity index (χ0) is 20.8. The first-order chi connectivity index (χ1) is 14.0. The van der Waals surface area contributed by atoms with E-state index in [1.165, 1.54) is 7.11 Å². The molecule has 0 radical (unpaired) electrons. The molecule has 2 aromatic carbocycles. The van der Waals surface area contributed by atoms with Gasteiger partial charge in [-0.05, 0) is 31.2 Å². The highest BCUT2D eigenvalue weighted by atomic mass is 16.5. The average molecular weight is 394 g/mol. The predicted octanol–water partition coefficient (Wildman–Crippen LogP) is 3.81. The van der Waals surface area contributed by atoms with Crippen LogP contribution in [0.3, 0.4) is 0 Å². The molecule has 8 heteroatoms. The van der Waals surface area contributed by atoms with E-state index in [1.54, 1.807) is 45.4 Å². The second-order valence-corrected chi connectivity index (χ2v) is 6.03. The molecule has 1 amide bonds. The fourth-order valence-corrected chi connectivity index (χ4v) is 2.74. The molecule has 150 valence electrons. The molecule has 0 unspecified atom stereocenters. The summed E-state index contributed by atoms with van der Waals surface area (Å²) in [5.41, 5.74) is 1.52. The van der Waals surface area contributed by atoms with Crippen LogP contribution in [0.25, 0.3) is 0 Å². The van der Waals surface area contributed by atoms with Gasteiger partial charge in [-0.3, -0.25) is 4.79 Å². The third-order valence-electron chi connectivity index (χ3n) is 4.08. The van der Waals surface area contributed by atoms with Crippen LogP contribution in [-0.2, 0) is 0 Å². The highest BCUT2D eigenvalue weighted by Gasteiger charge is 2.13. The molecule has 2 N–H and O–H groups in total. The number of ether oxygens (including phenoxy) is 3. The Morgan fingerprint density at radius 3 is 2.31 bits per heavy atom. The number of amides is 1. The summed E-state index contributed by atoms with van der Waals surface area (Å²) in [6.07, 6.45) is 0. The van der Waals surface area contributed by atoms with Crippen LogP contribution in [0, 0.1) is 6.92 Å². The lowest BCUT2D eigenvalue weighted by molar-refractivity contribution is 0.102. The standard InChI is InChI=1S/C21H22N4O4/c1-13-22-16(12-20(23-13)25-15-7-5-6-8-17(15)27-2)21(26)24-14-9-10-18(28-3)19(11-14)29-4/h5-12H,1-4H3,(H,24,26)(H,22,23,25). The maximum Gasteiger partial charge on any atom is 0.274 e. The molecule has 1 heterocycles. The van der Waals surface area contributed by atoms with Crippen molar-refractivity contribution in [2.45, 2.75) is 6.92 Å². The van der Waals surface area contributed by atoms with Crippen LogP contribution in [0.4, 0.5) is 17.2 Å². The molecule has 8 nitrogen and oxygen atoms in total. The lowest BCUT2D eigenvalue weighted by Gasteiger charge is -2.12. The summed E-state index contributed by atoms with van der Waals surface area (Å²) in [6.45, 7) is 1.72. The van der Waals surface area contributed by atoms with Crippen molar-refractivity contribution in [2.24, 2.45) is 0 Å². The number of rotatable bonds is 7. The van der Waals surface area contributed by atoms with Gasteiger partial charge in [0.25, 0.3) is 5.91 Å². The van der Waals surface area contributed by atoms with Crippen molar-refractivity contribution in [3.8, 4) is 17.2 Å². The molecule has 0 bridgehead atoms. The predicted molar refractivity (Wildman–Crippen MR) is 111 cm³/mol. The van der Waals surface area contributed by atoms with Gasteiger partial charge >= 0.3 is 0 Å². The number of para-hydroxylation sites is 2. The number of hydrogen-bond donors (Lipinski definition) is 2. The Morgan fingerprint density at radius 1 is 0.862 bits per heavy atom. The van der Waals surface area contributed by atoms with Crippen LogP contribution < -0.4 is 24.8 Å². The molecule has 29 heavy (non-hydrogen) atoms. The summed E-state index contributed by atoms with van der Waals surface area (Å²) in [6, 6.07) is 14.1. The summed E-state index contributed by atoms with van der Waals surface area (Å²) in [5.74, 6) is 2.34.